The molecule has 0 spiro atoms. The number of fused-ring (bicyclic) bond motifs is 1. The molecule has 138 valence electrons. The number of hydrogen-bond donors (Lipinski definition) is 2. The molecule has 2 amide bonds. The van der Waals surface area contributed by atoms with Crippen LogP contribution in [0.25, 0.3) is 11.1 Å². The number of Topliss-reactive ketones (excluding diaryl/α,β-unsaturated/α-hetero) is 1. The Morgan fingerprint density at radius 3 is 2.81 bits per heavy atom. The minimum Gasteiger partial charge on any atom is -0.492 e. The highest BCUT2D eigenvalue weighted by Gasteiger charge is 2.24. The first-order valence-electron chi connectivity index (χ1n) is 9.11. The van der Waals surface area contributed by atoms with Gasteiger partial charge in [0.1, 0.15) is 11.8 Å². The van der Waals surface area contributed by atoms with Gasteiger partial charge in [-0.3, -0.25) is 14.4 Å². The molecule has 2 heterocycles. The Morgan fingerprint density at radius 1 is 1.11 bits per heavy atom. The van der Waals surface area contributed by atoms with Gasteiger partial charge in [0, 0.05) is 18.5 Å². The predicted molar refractivity (Wildman–Crippen MR) is 99.8 cm³/mol. The van der Waals surface area contributed by atoms with Crippen LogP contribution in [0.15, 0.2) is 42.5 Å². The summed E-state index contributed by atoms with van der Waals surface area (Å²) in [4.78, 5) is 36.3. The van der Waals surface area contributed by atoms with E-state index < -0.39 is 6.04 Å². The molecule has 0 saturated carbocycles. The van der Waals surface area contributed by atoms with E-state index in [1.54, 1.807) is 24.3 Å². The van der Waals surface area contributed by atoms with Crippen LogP contribution < -0.4 is 15.4 Å². The molecular weight excluding hydrogens is 344 g/mol. The molecule has 1 fully saturated rings. The summed E-state index contributed by atoms with van der Waals surface area (Å²) >= 11 is 0. The first-order valence-corrected chi connectivity index (χ1v) is 9.11. The van der Waals surface area contributed by atoms with Crippen molar-refractivity contribution in [1.29, 1.82) is 0 Å². The van der Waals surface area contributed by atoms with Crippen LogP contribution in [0.5, 0.6) is 5.75 Å². The summed E-state index contributed by atoms with van der Waals surface area (Å²) in [6.07, 6.45) is 1.90. The molecule has 0 aliphatic carbocycles. The zero-order valence-electron chi connectivity index (χ0n) is 14.8. The molecule has 0 radical (unpaired) electrons. The second kappa shape index (κ2) is 7.23. The van der Waals surface area contributed by atoms with Gasteiger partial charge in [0.2, 0.25) is 5.91 Å². The average molecular weight is 364 g/mol. The third kappa shape index (κ3) is 3.56. The van der Waals surface area contributed by atoms with Gasteiger partial charge in [0.25, 0.3) is 5.91 Å². The molecule has 2 aromatic carbocycles. The largest absolute Gasteiger partial charge is 0.492 e. The number of ether oxygens (including phenoxy) is 1. The molecule has 2 aromatic rings. The number of ketones is 1. The topological polar surface area (TPSA) is 84.5 Å². The average Bonchev–Trinajstić information content (AvgIpc) is 2.70. The van der Waals surface area contributed by atoms with Crippen molar-refractivity contribution in [3.8, 4) is 16.9 Å². The molecule has 2 aliphatic heterocycles. The first-order chi connectivity index (χ1) is 13.1. The predicted octanol–water partition coefficient (Wildman–Crippen LogP) is 2.33. The summed E-state index contributed by atoms with van der Waals surface area (Å²) in [5, 5.41) is 5.56. The quantitative estimate of drug-likeness (QED) is 0.875. The fraction of sp³-hybridized carbons (Fsp3) is 0.286. The summed E-state index contributed by atoms with van der Waals surface area (Å²) < 4.78 is 5.60. The second-order valence-electron chi connectivity index (χ2n) is 6.77. The van der Waals surface area contributed by atoms with Gasteiger partial charge in [0.05, 0.1) is 12.2 Å². The standard InChI is InChI=1S/C21H20N2O4/c24-18-8-10-27-19-12-14(6-7-16(18)19)13-3-1-4-15(11-13)20(25)23-17-5-2-9-22-21(17)26/h1,3-4,6-7,11-12,17H,2,5,8-10H2,(H,22,26)(H,23,25)/t17-/m1/s1. The molecular formula is C21H20N2O4. The maximum atomic E-state index is 12.6. The zero-order chi connectivity index (χ0) is 18.8. The molecule has 27 heavy (non-hydrogen) atoms. The Hall–Kier alpha value is -3.15. The smallest absolute Gasteiger partial charge is 0.251 e. The van der Waals surface area contributed by atoms with Gasteiger partial charge >= 0.3 is 0 Å². The Labute approximate surface area is 156 Å². The number of benzene rings is 2. The normalized spacial score (nSPS) is 18.9. The van der Waals surface area contributed by atoms with Crippen LogP contribution in [0.4, 0.5) is 0 Å². The molecule has 1 saturated heterocycles. The Balaban J connectivity index is 1.56. The van der Waals surface area contributed by atoms with Crippen molar-refractivity contribution in [1.82, 2.24) is 10.6 Å². The summed E-state index contributed by atoms with van der Waals surface area (Å²) in [5.41, 5.74) is 2.80. The van der Waals surface area contributed by atoms with E-state index in [1.165, 1.54) is 0 Å². The Kier molecular flexibility index (Phi) is 4.62. The molecule has 2 aliphatic rings. The van der Waals surface area contributed by atoms with E-state index in [9.17, 15) is 14.4 Å². The first kappa shape index (κ1) is 17.3. The van der Waals surface area contributed by atoms with Crippen molar-refractivity contribution in [2.45, 2.75) is 25.3 Å². The summed E-state index contributed by atoms with van der Waals surface area (Å²) in [5.74, 6) is 0.254. The summed E-state index contributed by atoms with van der Waals surface area (Å²) in [7, 11) is 0. The third-order valence-corrected chi connectivity index (χ3v) is 4.92. The fourth-order valence-electron chi connectivity index (χ4n) is 3.43. The van der Waals surface area contributed by atoms with Gasteiger partial charge in [-0.25, -0.2) is 0 Å². The molecule has 0 aromatic heterocycles. The van der Waals surface area contributed by atoms with E-state index in [4.69, 9.17) is 4.74 Å². The van der Waals surface area contributed by atoms with Crippen LogP contribution in [0.3, 0.4) is 0 Å². The van der Waals surface area contributed by atoms with Gasteiger partial charge in [-0.1, -0.05) is 18.2 Å². The van der Waals surface area contributed by atoms with E-state index in [-0.39, 0.29) is 17.6 Å². The van der Waals surface area contributed by atoms with E-state index in [0.29, 0.717) is 42.9 Å². The minimum atomic E-state index is -0.488. The van der Waals surface area contributed by atoms with Gasteiger partial charge in [-0.05, 0) is 48.2 Å². The highest BCUT2D eigenvalue weighted by atomic mass is 16.5. The maximum Gasteiger partial charge on any atom is 0.251 e. The van der Waals surface area contributed by atoms with Crippen LogP contribution in [0.1, 0.15) is 40.0 Å². The molecule has 1 atom stereocenters. The second-order valence-corrected chi connectivity index (χ2v) is 6.77. The third-order valence-electron chi connectivity index (χ3n) is 4.92. The van der Waals surface area contributed by atoms with Crippen molar-refractivity contribution in [2.24, 2.45) is 0 Å². The van der Waals surface area contributed by atoms with E-state index in [1.807, 2.05) is 18.2 Å². The Bertz CT molecular complexity index is 922. The van der Waals surface area contributed by atoms with E-state index in [0.717, 1.165) is 17.5 Å². The number of carbonyl (C=O) groups excluding carboxylic acids is 3. The lowest BCUT2D eigenvalue weighted by Crippen LogP contribution is -2.50. The molecule has 4 rings (SSSR count). The zero-order valence-corrected chi connectivity index (χ0v) is 14.8. The number of carbonyl (C=O) groups is 3. The minimum absolute atomic E-state index is 0.0849. The van der Waals surface area contributed by atoms with Crippen LogP contribution in [-0.2, 0) is 4.79 Å². The van der Waals surface area contributed by atoms with Gasteiger partial charge in [0.15, 0.2) is 5.78 Å². The summed E-state index contributed by atoms with van der Waals surface area (Å²) in [6.45, 7) is 1.05. The number of nitrogens with one attached hydrogen (secondary N) is 2. The van der Waals surface area contributed by atoms with Crippen molar-refractivity contribution in [2.75, 3.05) is 13.2 Å². The fourth-order valence-corrected chi connectivity index (χ4v) is 3.43. The van der Waals surface area contributed by atoms with E-state index in [2.05, 4.69) is 10.6 Å². The monoisotopic (exact) mass is 364 g/mol. The molecule has 0 unspecified atom stereocenters. The SMILES string of the molecule is O=C(N[C@@H]1CCCNC1=O)c1cccc(-c2ccc3c(c2)OCCC3=O)c1. The van der Waals surface area contributed by atoms with Gasteiger partial charge in [-0.15, -0.1) is 0 Å². The van der Waals surface area contributed by atoms with Gasteiger partial charge in [-0.2, -0.15) is 0 Å². The lowest BCUT2D eigenvalue weighted by molar-refractivity contribution is -0.124. The van der Waals surface area contributed by atoms with Crippen LogP contribution in [-0.4, -0.2) is 36.8 Å². The number of amides is 2. The van der Waals surface area contributed by atoms with E-state index >= 15 is 0 Å². The highest BCUT2D eigenvalue weighted by Crippen LogP contribution is 2.31. The molecule has 6 heteroatoms. The molecule has 2 N–H and O–H groups in total. The summed E-state index contributed by atoms with van der Waals surface area (Å²) in [6, 6.07) is 12.2. The Morgan fingerprint density at radius 2 is 1.96 bits per heavy atom. The molecule has 0 bridgehead atoms. The van der Waals surface area contributed by atoms with Crippen molar-refractivity contribution in [3.05, 3.63) is 53.6 Å². The lowest BCUT2D eigenvalue weighted by Gasteiger charge is -2.22. The van der Waals surface area contributed by atoms with Crippen molar-refractivity contribution < 1.29 is 19.1 Å². The number of piperidine rings is 1. The maximum absolute atomic E-state index is 12.6. The highest BCUT2D eigenvalue weighted by molar-refractivity contribution is 6.01. The van der Waals surface area contributed by atoms with Crippen molar-refractivity contribution in [3.63, 3.8) is 0 Å². The van der Waals surface area contributed by atoms with Crippen LogP contribution in [0, 0.1) is 0 Å². The number of rotatable bonds is 3. The van der Waals surface area contributed by atoms with Crippen LogP contribution in [0.2, 0.25) is 0 Å². The lowest BCUT2D eigenvalue weighted by atomic mass is 9.97. The van der Waals surface area contributed by atoms with Crippen molar-refractivity contribution >= 4 is 17.6 Å². The molecule has 6 nitrogen and oxygen atoms in total. The van der Waals surface area contributed by atoms with Gasteiger partial charge < -0.3 is 15.4 Å². The van der Waals surface area contributed by atoms with Crippen LogP contribution >= 0.6 is 0 Å². The number of hydrogen-bond acceptors (Lipinski definition) is 4.